The van der Waals surface area contributed by atoms with Crippen LogP contribution in [0.4, 0.5) is 5.69 Å². The van der Waals surface area contributed by atoms with Crippen LogP contribution in [-0.2, 0) is 16.4 Å². The van der Waals surface area contributed by atoms with Gasteiger partial charge in [0, 0.05) is 23.1 Å². The van der Waals surface area contributed by atoms with E-state index in [2.05, 4.69) is 11.6 Å². The van der Waals surface area contributed by atoms with Gasteiger partial charge in [-0.25, -0.2) is 13.2 Å². The Bertz CT molecular complexity index is 1400. The van der Waals surface area contributed by atoms with E-state index in [9.17, 15) is 18.3 Å². The Morgan fingerprint density at radius 1 is 1.18 bits per heavy atom. The minimum Gasteiger partial charge on any atom is -0.507 e. The Kier molecular flexibility index (Phi) is 9.99. The Hall–Kier alpha value is -2.80. The summed E-state index contributed by atoms with van der Waals surface area (Å²) in [6.07, 6.45) is 14.6. The molecule has 0 bridgehead atoms. The molecule has 7 heteroatoms. The minimum absolute atomic E-state index is 0.0870. The lowest BCUT2D eigenvalue weighted by Gasteiger charge is -2.25. The van der Waals surface area contributed by atoms with Crippen LogP contribution < -0.4 is 10.3 Å². The summed E-state index contributed by atoms with van der Waals surface area (Å²) < 4.78 is 35.4. The summed E-state index contributed by atoms with van der Waals surface area (Å²) in [7, 11) is -3.81. The lowest BCUT2D eigenvalue weighted by atomic mass is 9.82. The molecular weight excluding hydrogens is 522 g/mol. The van der Waals surface area contributed by atoms with Crippen LogP contribution in [0, 0.1) is 11.8 Å². The molecule has 1 aromatic heterocycles. The van der Waals surface area contributed by atoms with Crippen LogP contribution in [0.3, 0.4) is 0 Å². The fourth-order valence-corrected chi connectivity index (χ4v) is 7.26. The second-order valence-corrected chi connectivity index (χ2v) is 13.3. The molecule has 0 amide bonds. The molecule has 40 heavy (non-hydrogen) atoms. The molecule has 2 aliphatic rings. The van der Waals surface area contributed by atoms with Crippen LogP contribution in [-0.4, -0.2) is 13.5 Å². The SMILES string of the molecule is C/C=C\C(=C/[C@@H](C)CC)S(=O)(=O)Nc1cccc(C(c2c(O)c3c(oc2=O)C(CCC)CCCCC3)C2CC2)c1. The van der Waals surface area contributed by atoms with E-state index in [4.69, 9.17) is 4.42 Å². The molecule has 6 nitrogen and oxygen atoms in total. The molecule has 2 N–H and O–H groups in total. The molecule has 2 unspecified atom stereocenters. The van der Waals surface area contributed by atoms with Crippen molar-refractivity contribution < 1.29 is 17.9 Å². The van der Waals surface area contributed by atoms with Gasteiger partial charge in [-0.3, -0.25) is 4.72 Å². The normalized spacial score (nSPS) is 20.0. The van der Waals surface area contributed by atoms with Crippen molar-refractivity contribution >= 4 is 15.7 Å². The number of anilines is 1. The second-order valence-electron chi connectivity index (χ2n) is 11.6. The van der Waals surface area contributed by atoms with Crippen LogP contribution in [0.15, 0.2) is 56.6 Å². The summed E-state index contributed by atoms with van der Waals surface area (Å²) in [6, 6.07) is 7.24. The molecule has 2 aromatic rings. The number of rotatable bonds is 11. The molecule has 2 aliphatic carbocycles. The third kappa shape index (κ3) is 6.91. The standard InChI is InChI=1S/C33H45NO5S/c1-5-12-24-14-9-8-10-17-28-31(35)30(33(36)39-32(24)28)29(23-18-19-23)25-15-11-16-26(21-25)34-40(37,38)27(13-6-2)20-22(4)7-3/h6,11,13,15-16,20-24,29,34-35H,5,7-10,12,14,17-19H2,1-4H3/b13-6-,27-20+/t22-,24?,29?/m0/s1. The summed E-state index contributed by atoms with van der Waals surface area (Å²) in [5.74, 6) is 0.872. The van der Waals surface area contributed by atoms with Gasteiger partial charge in [0.25, 0.3) is 10.0 Å². The molecule has 0 saturated heterocycles. The van der Waals surface area contributed by atoms with Crippen LogP contribution in [0.25, 0.3) is 0 Å². The summed E-state index contributed by atoms with van der Waals surface area (Å²) in [6.45, 7) is 7.95. The molecule has 1 saturated carbocycles. The maximum atomic E-state index is 13.6. The zero-order chi connectivity index (χ0) is 28.9. The first-order valence-corrected chi connectivity index (χ1v) is 16.5. The Balaban J connectivity index is 1.74. The highest BCUT2D eigenvalue weighted by Crippen LogP contribution is 2.49. The molecule has 0 aliphatic heterocycles. The van der Waals surface area contributed by atoms with Gasteiger partial charge >= 0.3 is 5.63 Å². The van der Waals surface area contributed by atoms with Gasteiger partial charge in [0.15, 0.2) is 0 Å². The van der Waals surface area contributed by atoms with Gasteiger partial charge in [-0.2, -0.15) is 0 Å². The minimum atomic E-state index is -3.81. The molecule has 1 aromatic carbocycles. The number of nitrogens with one attached hydrogen (secondary N) is 1. The first-order chi connectivity index (χ1) is 19.2. The van der Waals surface area contributed by atoms with Crippen LogP contribution in [0.2, 0.25) is 0 Å². The summed E-state index contributed by atoms with van der Waals surface area (Å²) in [5, 5.41) is 11.6. The number of fused-ring (bicyclic) bond motifs is 1. The lowest BCUT2D eigenvalue weighted by Crippen LogP contribution is -2.20. The maximum absolute atomic E-state index is 13.6. The summed E-state index contributed by atoms with van der Waals surface area (Å²) in [4.78, 5) is 13.8. The van der Waals surface area contributed by atoms with Gasteiger partial charge in [-0.15, -0.1) is 0 Å². The molecule has 0 radical (unpaired) electrons. The van der Waals surface area contributed by atoms with Crippen molar-refractivity contribution in [3.8, 4) is 5.75 Å². The predicted octanol–water partition coefficient (Wildman–Crippen LogP) is 8.14. The molecule has 3 atom stereocenters. The van der Waals surface area contributed by atoms with E-state index < -0.39 is 15.6 Å². The number of sulfonamides is 1. The highest BCUT2D eigenvalue weighted by atomic mass is 32.2. The number of hydrogen-bond donors (Lipinski definition) is 2. The fraction of sp³-hybridized carbons (Fsp3) is 0.545. The molecule has 0 spiro atoms. The van der Waals surface area contributed by atoms with Crippen molar-refractivity contribution in [2.45, 2.75) is 104 Å². The molecule has 1 heterocycles. The highest BCUT2D eigenvalue weighted by molar-refractivity contribution is 7.96. The summed E-state index contributed by atoms with van der Waals surface area (Å²) >= 11 is 0. The Morgan fingerprint density at radius 3 is 2.62 bits per heavy atom. The van der Waals surface area contributed by atoms with Crippen molar-refractivity contribution in [1.29, 1.82) is 0 Å². The summed E-state index contributed by atoms with van der Waals surface area (Å²) in [5.41, 5.74) is 1.89. The first-order valence-electron chi connectivity index (χ1n) is 15.1. The fourth-order valence-electron chi connectivity index (χ4n) is 5.97. The van der Waals surface area contributed by atoms with E-state index in [1.54, 1.807) is 43.4 Å². The van der Waals surface area contributed by atoms with Gasteiger partial charge in [0.2, 0.25) is 0 Å². The molecular formula is C33H45NO5S. The van der Waals surface area contributed by atoms with E-state index in [1.807, 2.05) is 19.9 Å². The maximum Gasteiger partial charge on any atom is 0.343 e. The van der Waals surface area contributed by atoms with E-state index in [1.165, 1.54) is 0 Å². The van der Waals surface area contributed by atoms with Crippen molar-refractivity contribution in [2.24, 2.45) is 11.8 Å². The van der Waals surface area contributed by atoms with E-state index in [0.717, 1.165) is 68.9 Å². The number of hydrogen-bond acceptors (Lipinski definition) is 5. The van der Waals surface area contributed by atoms with Crippen LogP contribution in [0.1, 0.15) is 120 Å². The van der Waals surface area contributed by atoms with E-state index in [-0.39, 0.29) is 34.3 Å². The third-order valence-corrected chi connectivity index (χ3v) is 9.78. The predicted molar refractivity (Wildman–Crippen MR) is 162 cm³/mol. The van der Waals surface area contributed by atoms with Gasteiger partial charge < -0.3 is 9.52 Å². The van der Waals surface area contributed by atoms with Crippen LogP contribution in [0.5, 0.6) is 5.75 Å². The average molecular weight is 568 g/mol. The monoisotopic (exact) mass is 567 g/mol. The largest absolute Gasteiger partial charge is 0.507 e. The first kappa shape index (κ1) is 30.2. The number of benzene rings is 1. The van der Waals surface area contributed by atoms with Crippen molar-refractivity contribution in [1.82, 2.24) is 0 Å². The average Bonchev–Trinajstić information content (AvgIpc) is 3.74. The highest BCUT2D eigenvalue weighted by Gasteiger charge is 2.39. The Labute approximate surface area is 239 Å². The molecule has 4 rings (SSSR count). The van der Waals surface area contributed by atoms with Crippen LogP contribution >= 0.6 is 0 Å². The van der Waals surface area contributed by atoms with Crippen molar-refractivity contribution in [2.75, 3.05) is 4.72 Å². The molecule has 1 fully saturated rings. The van der Waals surface area contributed by atoms with E-state index in [0.29, 0.717) is 23.4 Å². The Morgan fingerprint density at radius 2 is 1.95 bits per heavy atom. The topological polar surface area (TPSA) is 96.6 Å². The number of aromatic hydroxyl groups is 1. The zero-order valence-corrected chi connectivity index (χ0v) is 25.2. The quantitative estimate of drug-likeness (QED) is 0.267. The smallest absolute Gasteiger partial charge is 0.343 e. The lowest BCUT2D eigenvalue weighted by molar-refractivity contribution is 0.345. The van der Waals surface area contributed by atoms with Gasteiger partial charge in [0.1, 0.15) is 11.5 Å². The second kappa shape index (κ2) is 13.2. The molecule has 218 valence electrons. The van der Waals surface area contributed by atoms with Gasteiger partial charge in [0.05, 0.1) is 10.5 Å². The zero-order valence-electron chi connectivity index (χ0n) is 24.4. The van der Waals surface area contributed by atoms with Gasteiger partial charge in [-0.1, -0.05) is 70.7 Å². The van der Waals surface area contributed by atoms with Gasteiger partial charge in [-0.05, 0) is 81.1 Å². The van der Waals surface area contributed by atoms with Crippen molar-refractivity contribution in [3.63, 3.8) is 0 Å². The third-order valence-electron chi connectivity index (χ3n) is 8.38. The van der Waals surface area contributed by atoms with E-state index >= 15 is 0 Å². The van der Waals surface area contributed by atoms with Crippen molar-refractivity contribution in [3.05, 3.63) is 80.3 Å². The number of allylic oxidation sites excluding steroid dienone is 3.